The van der Waals surface area contributed by atoms with Crippen molar-refractivity contribution in [3.05, 3.63) is 59.7 Å². The van der Waals surface area contributed by atoms with Crippen LogP contribution in [0, 0.1) is 0 Å². The van der Waals surface area contributed by atoms with Crippen LogP contribution in [-0.4, -0.2) is 14.6 Å². The molecule has 1 N–H and O–H groups in total. The zero-order valence-electron chi connectivity index (χ0n) is 10.6. The quantitative estimate of drug-likeness (QED) is 0.778. The van der Waals surface area contributed by atoms with E-state index in [-0.39, 0.29) is 0 Å². The summed E-state index contributed by atoms with van der Waals surface area (Å²) in [5.74, 6) is 1.32. The van der Waals surface area contributed by atoms with E-state index in [1.54, 1.807) is 6.20 Å². The van der Waals surface area contributed by atoms with Crippen molar-refractivity contribution < 1.29 is 4.74 Å². The normalized spacial score (nSPS) is 10.2. The van der Waals surface area contributed by atoms with E-state index in [2.05, 4.69) is 19.9 Å². The molecule has 3 rings (SSSR count). The average Bonchev–Trinajstić information content (AvgIpc) is 3.00. The predicted molar refractivity (Wildman–Crippen MR) is 78.0 cm³/mol. The van der Waals surface area contributed by atoms with Gasteiger partial charge in [0, 0.05) is 29.4 Å². The third kappa shape index (κ3) is 3.30. The number of benzene rings is 1. The number of nitrogens with zero attached hydrogens (tertiary/aromatic N) is 3. The van der Waals surface area contributed by atoms with Crippen molar-refractivity contribution in [2.24, 2.45) is 0 Å². The number of pyridine rings is 1. The Bertz CT molecular complexity index is 658. The van der Waals surface area contributed by atoms with E-state index < -0.39 is 0 Å². The van der Waals surface area contributed by atoms with Gasteiger partial charge in [-0.1, -0.05) is 16.6 Å². The molecular formula is C14H12N4OS. The minimum Gasteiger partial charge on any atom is -0.439 e. The first-order valence-corrected chi connectivity index (χ1v) is 6.92. The van der Waals surface area contributed by atoms with Gasteiger partial charge in [0.05, 0.1) is 12.2 Å². The Balaban J connectivity index is 1.66. The van der Waals surface area contributed by atoms with Gasteiger partial charge in [-0.15, -0.1) is 5.10 Å². The molecule has 100 valence electrons. The maximum atomic E-state index is 5.68. The molecule has 0 amide bonds. The number of hydrogen-bond donors (Lipinski definition) is 1. The fourth-order valence-electron chi connectivity index (χ4n) is 1.65. The van der Waals surface area contributed by atoms with Crippen molar-refractivity contribution >= 4 is 17.2 Å². The molecular weight excluding hydrogens is 272 g/mol. The van der Waals surface area contributed by atoms with Gasteiger partial charge < -0.3 is 10.1 Å². The second-order valence-electron chi connectivity index (χ2n) is 4.05. The summed E-state index contributed by atoms with van der Waals surface area (Å²) in [4.78, 5) is 4.13. The zero-order valence-corrected chi connectivity index (χ0v) is 11.4. The van der Waals surface area contributed by atoms with E-state index in [4.69, 9.17) is 4.74 Å². The van der Waals surface area contributed by atoms with Gasteiger partial charge >= 0.3 is 0 Å². The summed E-state index contributed by atoms with van der Waals surface area (Å²) in [5, 5.41) is 9.18. The highest BCUT2D eigenvalue weighted by molar-refractivity contribution is 7.03. The number of hydrogen-bond acceptors (Lipinski definition) is 6. The molecule has 0 saturated carbocycles. The monoisotopic (exact) mass is 284 g/mol. The van der Waals surface area contributed by atoms with Crippen LogP contribution in [0.1, 0.15) is 5.69 Å². The first-order chi connectivity index (χ1) is 9.90. The first kappa shape index (κ1) is 12.6. The summed E-state index contributed by atoms with van der Waals surface area (Å²) in [6.45, 7) is 0.642. The number of ether oxygens (including phenoxy) is 1. The SMILES string of the molecule is c1ccc(Oc2cccc(NCc3csnn3)c2)nc1. The number of rotatable bonds is 5. The molecule has 20 heavy (non-hydrogen) atoms. The van der Waals surface area contributed by atoms with Crippen molar-refractivity contribution in [1.29, 1.82) is 0 Å². The highest BCUT2D eigenvalue weighted by Crippen LogP contribution is 2.22. The molecule has 0 bridgehead atoms. The van der Waals surface area contributed by atoms with E-state index in [9.17, 15) is 0 Å². The van der Waals surface area contributed by atoms with Gasteiger partial charge in [-0.3, -0.25) is 0 Å². The zero-order chi connectivity index (χ0) is 13.6. The maximum Gasteiger partial charge on any atom is 0.219 e. The van der Waals surface area contributed by atoms with Gasteiger partial charge in [0.1, 0.15) is 5.75 Å². The van der Waals surface area contributed by atoms with Crippen LogP contribution in [0.25, 0.3) is 0 Å². The van der Waals surface area contributed by atoms with Crippen LogP contribution in [0.3, 0.4) is 0 Å². The Hall–Kier alpha value is -2.47. The molecule has 5 nitrogen and oxygen atoms in total. The minimum atomic E-state index is 0.577. The van der Waals surface area contributed by atoms with E-state index in [0.29, 0.717) is 12.4 Å². The van der Waals surface area contributed by atoms with Gasteiger partial charge in [0.25, 0.3) is 0 Å². The molecule has 0 saturated heterocycles. The molecule has 0 aliphatic carbocycles. The van der Waals surface area contributed by atoms with E-state index >= 15 is 0 Å². The van der Waals surface area contributed by atoms with E-state index in [1.807, 2.05) is 47.8 Å². The van der Waals surface area contributed by atoms with Gasteiger partial charge in [-0.2, -0.15) is 0 Å². The molecule has 0 aliphatic heterocycles. The number of nitrogens with one attached hydrogen (secondary N) is 1. The fraction of sp³-hybridized carbons (Fsp3) is 0.0714. The van der Waals surface area contributed by atoms with Gasteiger partial charge in [-0.05, 0) is 29.7 Å². The molecule has 2 heterocycles. The van der Waals surface area contributed by atoms with Crippen molar-refractivity contribution in [3.8, 4) is 11.6 Å². The third-order valence-corrected chi connectivity index (χ3v) is 3.13. The lowest BCUT2D eigenvalue weighted by molar-refractivity contribution is 0.463. The van der Waals surface area contributed by atoms with Crippen LogP contribution < -0.4 is 10.1 Å². The molecule has 1 aromatic carbocycles. The summed E-state index contributed by atoms with van der Waals surface area (Å²) in [6.07, 6.45) is 1.70. The standard InChI is InChI=1S/C14H12N4OS/c1-2-7-15-14(6-1)19-13-5-3-4-11(8-13)16-9-12-10-20-18-17-12/h1-8,10,16H,9H2. The highest BCUT2D eigenvalue weighted by atomic mass is 32.1. The lowest BCUT2D eigenvalue weighted by Gasteiger charge is -2.08. The minimum absolute atomic E-state index is 0.577. The van der Waals surface area contributed by atoms with Gasteiger partial charge in [0.15, 0.2) is 0 Å². The lowest BCUT2D eigenvalue weighted by atomic mass is 10.3. The molecule has 0 aliphatic rings. The van der Waals surface area contributed by atoms with Gasteiger partial charge in [0.2, 0.25) is 5.88 Å². The fourth-order valence-corrected chi connectivity index (χ4v) is 2.10. The summed E-state index contributed by atoms with van der Waals surface area (Å²) in [5.41, 5.74) is 1.89. The molecule has 0 unspecified atom stereocenters. The number of anilines is 1. The number of aromatic nitrogens is 3. The van der Waals surface area contributed by atoms with Crippen LogP contribution >= 0.6 is 11.5 Å². The Morgan fingerprint density at radius 1 is 1.15 bits per heavy atom. The Kier molecular flexibility index (Phi) is 3.84. The molecule has 0 radical (unpaired) electrons. The Morgan fingerprint density at radius 3 is 2.95 bits per heavy atom. The highest BCUT2D eigenvalue weighted by Gasteiger charge is 2.01. The van der Waals surface area contributed by atoms with Crippen LogP contribution in [0.5, 0.6) is 11.6 Å². The summed E-state index contributed by atoms with van der Waals surface area (Å²) in [7, 11) is 0. The van der Waals surface area contributed by atoms with E-state index in [0.717, 1.165) is 17.1 Å². The van der Waals surface area contributed by atoms with E-state index in [1.165, 1.54) is 11.5 Å². The second-order valence-corrected chi connectivity index (χ2v) is 4.66. The molecule has 0 atom stereocenters. The van der Waals surface area contributed by atoms with Crippen LogP contribution in [0.15, 0.2) is 54.0 Å². The molecule has 6 heteroatoms. The van der Waals surface area contributed by atoms with Crippen molar-refractivity contribution in [3.63, 3.8) is 0 Å². The van der Waals surface area contributed by atoms with Crippen molar-refractivity contribution in [2.75, 3.05) is 5.32 Å². The van der Waals surface area contributed by atoms with Crippen molar-refractivity contribution in [2.45, 2.75) is 6.54 Å². The molecule has 3 aromatic rings. The van der Waals surface area contributed by atoms with Crippen LogP contribution in [0.2, 0.25) is 0 Å². The van der Waals surface area contributed by atoms with Crippen LogP contribution in [0.4, 0.5) is 5.69 Å². The Labute approximate surface area is 120 Å². The summed E-state index contributed by atoms with van der Waals surface area (Å²) in [6, 6.07) is 13.3. The smallest absolute Gasteiger partial charge is 0.219 e. The molecule has 0 fully saturated rings. The van der Waals surface area contributed by atoms with Crippen molar-refractivity contribution in [1.82, 2.24) is 14.6 Å². The van der Waals surface area contributed by atoms with Crippen LogP contribution in [-0.2, 0) is 6.54 Å². The first-order valence-electron chi connectivity index (χ1n) is 6.09. The Morgan fingerprint density at radius 2 is 2.15 bits per heavy atom. The lowest BCUT2D eigenvalue weighted by Crippen LogP contribution is -1.99. The molecule has 2 aromatic heterocycles. The molecule has 0 spiro atoms. The summed E-state index contributed by atoms with van der Waals surface area (Å²) < 4.78 is 9.51. The largest absolute Gasteiger partial charge is 0.439 e. The van der Waals surface area contributed by atoms with Gasteiger partial charge in [-0.25, -0.2) is 4.98 Å². The summed E-state index contributed by atoms with van der Waals surface area (Å²) >= 11 is 1.35. The third-order valence-electron chi connectivity index (χ3n) is 2.57. The maximum absolute atomic E-state index is 5.68. The average molecular weight is 284 g/mol. The topological polar surface area (TPSA) is 59.9 Å². The second kappa shape index (κ2) is 6.12. The predicted octanol–water partition coefficient (Wildman–Crippen LogP) is 3.34.